The summed E-state index contributed by atoms with van der Waals surface area (Å²) in [6, 6.07) is 13.5. The lowest BCUT2D eigenvalue weighted by Crippen LogP contribution is -2.36. The number of aromatic nitrogens is 4. The Morgan fingerprint density at radius 2 is 1.88 bits per heavy atom. The maximum absolute atomic E-state index is 14.9. The van der Waals surface area contributed by atoms with Gasteiger partial charge >= 0.3 is 0 Å². The summed E-state index contributed by atoms with van der Waals surface area (Å²) < 4.78 is 25.3. The number of hydrogen-bond donors (Lipinski definition) is 1. The zero-order valence-corrected chi connectivity index (χ0v) is 18.0. The van der Waals surface area contributed by atoms with Gasteiger partial charge in [0.05, 0.1) is 37.2 Å². The summed E-state index contributed by atoms with van der Waals surface area (Å²) in [7, 11) is 1.49. The van der Waals surface area contributed by atoms with Gasteiger partial charge in [0.1, 0.15) is 18.2 Å². The first-order chi connectivity index (χ1) is 16.1. The second-order valence-electron chi connectivity index (χ2n) is 7.67. The summed E-state index contributed by atoms with van der Waals surface area (Å²) in [5.74, 6) is -0.0985. The van der Waals surface area contributed by atoms with Crippen molar-refractivity contribution in [3.05, 3.63) is 71.9 Å². The van der Waals surface area contributed by atoms with E-state index in [4.69, 9.17) is 9.47 Å². The van der Waals surface area contributed by atoms with Crippen LogP contribution in [0.15, 0.2) is 54.9 Å². The molecule has 0 bridgehead atoms. The molecular formula is C24H22FN5O3. The SMILES string of the molecule is COc1ccc(C(O)c2ccc(F)c(-c3ncnc4cc(N5CCOCC5)ccc34)c2)nn1. The van der Waals surface area contributed by atoms with Crippen LogP contribution in [0, 0.1) is 5.82 Å². The average Bonchev–Trinajstić information content (AvgIpc) is 2.88. The first kappa shape index (κ1) is 21.2. The van der Waals surface area contributed by atoms with Gasteiger partial charge in [0, 0.05) is 35.8 Å². The van der Waals surface area contributed by atoms with Gasteiger partial charge in [-0.05, 0) is 42.0 Å². The lowest BCUT2D eigenvalue weighted by Gasteiger charge is -2.29. The van der Waals surface area contributed by atoms with Gasteiger partial charge in [-0.25, -0.2) is 14.4 Å². The molecule has 3 heterocycles. The smallest absolute Gasteiger partial charge is 0.233 e. The van der Waals surface area contributed by atoms with Crippen LogP contribution in [0.3, 0.4) is 0 Å². The van der Waals surface area contributed by atoms with Gasteiger partial charge in [0.2, 0.25) is 5.88 Å². The molecule has 0 spiro atoms. The Balaban J connectivity index is 1.52. The molecule has 4 aromatic rings. The first-order valence-corrected chi connectivity index (χ1v) is 10.6. The van der Waals surface area contributed by atoms with Gasteiger partial charge in [-0.1, -0.05) is 6.07 Å². The fraction of sp³-hybridized carbons (Fsp3) is 0.250. The van der Waals surface area contributed by atoms with Gasteiger partial charge in [-0.3, -0.25) is 0 Å². The molecule has 0 radical (unpaired) electrons. The highest BCUT2D eigenvalue weighted by Crippen LogP contribution is 2.32. The van der Waals surface area contributed by atoms with E-state index in [1.165, 1.54) is 25.6 Å². The van der Waals surface area contributed by atoms with E-state index in [1.807, 2.05) is 18.2 Å². The highest BCUT2D eigenvalue weighted by Gasteiger charge is 2.19. The van der Waals surface area contributed by atoms with Crippen molar-refractivity contribution in [2.24, 2.45) is 0 Å². The fourth-order valence-electron chi connectivity index (χ4n) is 3.93. The van der Waals surface area contributed by atoms with Crippen molar-refractivity contribution in [2.75, 3.05) is 38.3 Å². The molecule has 0 aliphatic carbocycles. The van der Waals surface area contributed by atoms with E-state index >= 15 is 0 Å². The van der Waals surface area contributed by atoms with E-state index in [0.29, 0.717) is 36.0 Å². The summed E-state index contributed by atoms with van der Waals surface area (Å²) >= 11 is 0. The van der Waals surface area contributed by atoms with Crippen LogP contribution in [0.5, 0.6) is 5.88 Å². The molecule has 1 unspecified atom stereocenters. The number of morpholine rings is 1. The van der Waals surface area contributed by atoms with Crippen LogP contribution in [0.4, 0.5) is 10.1 Å². The molecule has 9 heteroatoms. The molecule has 1 aliphatic rings. The molecule has 1 aliphatic heterocycles. The Kier molecular flexibility index (Phi) is 5.80. The van der Waals surface area contributed by atoms with Crippen molar-refractivity contribution in [1.29, 1.82) is 0 Å². The van der Waals surface area contributed by atoms with E-state index in [9.17, 15) is 9.50 Å². The Morgan fingerprint density at radius 3 is 2.64 bits per heavy atom. The van der Waals surface area contributed by atoms with Gasteiger partial charge in [0.15, 0.2) is 0 Å². The Labute approximate surface area is 189 Å². The number of fused-ring (bicyclic) bond motifs is 1. The van der Waals surface area contributed by atoms with E-state index < -0.39 is 11.9 Å². The Hall–Kier alpha value is -3.69. The van der Waals surface area contributed by atoms with Crippen molar-refractivity contribution in [3.8, 4) is 17.1 Å². The molecule has 2 aromatic carbocycles. The topological polar surface area (TPSA) is 93.5 Å². The lowest BCUT2D eigenvalue weighted by molar-refractivity contribution is 0.122. The maximum Gasteiger partial charge on any atom is 0.233 e. The van der Waals surface area contributed by atoms with E-state index in [-0.39, 0.29) is 5.56 Å². The van der Waals surface area contributed by atoms with E-state index in [1.54, 1.807) is 18.2 Å². The zero-order chi connectivity index (χ0) is 22.8. The van der Waals surface area contributed by atoms with Gasteiger partial charge in [-0.15, -0.1) is 10.2 Å². The third-order valence-electron chi connectivity index (χ3n) is 5.71. The number of benzene rings is 2. The number of halogens is 1. The maximum atomic E-state index is 14.9. The molecule has 8 nitrogen and oxygen atoms in total. The number of nitrogens with zero attached hydrogens (tertiary/aromatic N) is 5. The number of ether oxygens (including phenoxy) is 2. The third-order valence-corrected chi connectivity index (χ3v) is 5.71. The largest absolute Gasteiger partial charge is 0.480 e. The van der Waals surface area contributed by atoms with Crippen molar-refractivity contribution < 1.29 is 19.0 Å². The average molecular weight is 447 g/mol. The molecular weight excluding hydrogens is 425 g/mol. The molecule has 168 valence electrons. The van der Waals surface area contributed by atoms with Crippen LogP contribution in [0.25, 0.3) is 22.2 Å². The van der Waals surface area contributed by atoms with Crippen LogP contribution in [-0.2, 0) is 4.74 Å². The summed E-state index contributed by atoms with van der Waals surface area (Å²) in [5.41, 5.74) is 3.30. The van der Waals surface area contributed by atoms with E-state index in [0.717, 1.165) is 29.7 Å². The van der Waals surface area contributed by atoms with Gasteiger partial charge in [-0.2, -0.15) is 0 Å². The minimum atomic E-state index is -1.08. The highest BCUT2D eigenvalue weighted by molar-refractivity contribution is 5.94. The minimum Gasteiger partial charge on any atom is -0.480 e. The van der Waals surface area contributed by atoms with Crippen molar-refractivity contribution in [1.82, 2.24) is 20.2 Å². The molecule has 1 saturated heterocycles. The van der Waals surface area contributed by atoms with Crippen molar-refractivity contribution in [2.45, 2.75) is 6.10 Å². The Morgan fingerprint density at radius 1 is 1.03 bits per heavy atom. The predicted molar refractivity (Wildman–Crippen MR) is 121 cm³/mol. The van der Waals surface area contributed by atoms with Gasteiger partial charge in [0.25, 0.3) is 0 Å². The second-order valence-corrected chi connectivity index (χ2v) is 7.67. The number of rotatable bonds is 5. The van der Waals surface area contributed by atoms with Crippen molar-refractivity contribution >= 4 is 16.6 Å². The summed E-state index contributed by atoms with van der Waals surface area (Å²) in [6.45, 7) is 3.00. The standard InChI is InChI=1S/C24H22FN5O3/c1-32-22-7-6-20(28-29-22)24(31)15-2-5-19(25)18(12-15)23-17-4-3-16(13-21(17)26-14-27-23)30-8-10-33-11-9-30/h2-7,12-14,24,31H,8-11H2,1H3. The third kappa shape index (κ3) is 4.20. The van der Waals surface area contributed by atoms with Gasteiger partial charge < -0.3 is 19.5 Å². The van der Waals surface area contributed by atoms with Crippen LogP contribution >= 0.6 is 0 Å². The molecule has 0 amide bonds. The normalized spacial score (nSPS) is 14.9. The van der Waals surface area contributed by atoms with Crippen molar-refractivity contribution in [3.63, 3.8) is 0 Å². The van der Waals surface area contributed by atoms with Crippen LogP contribution in [-0.4, -0.2) is 58.7 Å². The molecule has 0 saturated carbocycles. The second kappa shape index (κ2) is 9.05. The number of methoxy groups -OCH3 is 1. The minimum absolute atomic E-state index is 0.277. The molecule has 1 fully saturated rings. The summed E-state index contributed by atoms with van der Waals surface area (Å²) in [4.78, 5) is 11.0. The highest BCUT2D eigenvalue weighted by atomic mass is 19.1. The van der Waals surface area contributed by atoms with Crippen LogP contribution in [0.1, 0.15) is 17.4 Å². The number of anilines is 1. The van der Waals surface area contributed by atoms with E-state index in [2.05, 4.69) is 25.1 Å². The molecule has 2 aromatic heterocycles. The quantitative estimate of drug-likeness (QED) is 0.499. The fourth-order valence-corrected chi connectivity index (χ4v) is 3.93. The molecule has 5 rings (SSSR count). The molecule has 33 heavy (non-hydrogen) atoms. The number of aliphatic hydroxyl groups excluding tert-OH is 1. The van der Waals surface area contributed by atoms with Crippen LogP contribution < -0.4 is 9.64 Å². The predicted octanol–water partition coefficient (Wildman–Crippen LogP) is 3.15. The number of aliphatic hydroxyl groups is 1. The number of hydrogen-bond acceptors (Lipinski definition) is 8. The Bertz CT molecular complexity index is 1280. The lowest BCUT2D eigenvalue weighted by atomic mass is 9.99. The monoisotopic (exact) mass is 447 g/mol. The molecule has 1 atom stereocenters. The van der Waals surface area contributed by atoms with Crippen LogP contribution in [0.2, 0.25) is 0 Å². The summed E-state index contributed by atoms with van der Waals surface area (Å²) in [5, 5.41) is 19.4. The molecule has 1 N–H and O–H groups in total. The zero-order valence-electron chi connectivity index (χ0n) is 18.0. The first-order valence-electron chi connectivity index (χ1n) is 10.6. The summed E-state index contributed by atoms with van der Waals surface area (Å²) in [6.07, 6.45) is 0.349.